The van der Waals surface area contributed by atoms with Crippen molar-refractivity contribution in [3.05, 3.63) is 47.4 Å². The van der Waals surface area contributed by atoms with Gasteiger partial charge in [0, 0.05) is 0 Å². The van der Waals surface area contributed by atoms with Crippen LogP contribution in [0, 0.1) is 13.8 Å². The quantitative estimate of drug-likeness (QED) is 0.731. The number of carbonyl (C=O) groups is 3. The van der Waals surface area contributed by atoms with E-state index in [0.717, 1.165) is 0 Å². The van der Waals surface area contributed by atoms with E-state index in [0.29, 0.717) is 28.5 Å². The van der Waals surface area contributed by atoms with Crippen LogP contribution in [-0.4, -0.2) is 23.8 Å². The lowest BCUT2D eigenvalue weighted by atomic mass is 10.1. The van der Waals surface area contributed by atoms with Gasteiger partial charge in [0.25, 0.3) is 11.8 Å². The summed E-state index contributed by atoms with van der Waals surface area (Å²) in [6.45, 7) is 3.38. The third-order valence-electron chi connectivity index (χ3n) is 3.68. The van der Waals surface area contributed by atoms with Gasteiger partial charge in [-0.3, -0.25) is 25.2 Å². The Bertz CT molecular complexity index is 843. The van der Waals surface area contributed by atoms with Crippen LogP contribution in [0.25, 0.3) is 0 Å². The molecule has 2 aromatic rings. The van der Waals surface area contributed by atoms with Gasteiger partial charge in [0.1, 0.15) is 17.3 Å². The predicted octanol–water partition coefficient (Wildman–Crippen LogP) is 1.45. The van der Waals surface area contributed by atoms with E-state index in [2.05, 4.69) is 16.2 Å². The molecule has 1 aromatic carbocycles. The van der Waals surface area contributed by atoms with Gasteiger partial charge in [0.15, 0.2) is 6.10 Å². The number of ether oxygens (including phenoxy) is 1. The average molecular weight is 343 g/mol. The molecule has 0 saturated heterocycles. The number of fused-ring (bicyclic) bond motifs is 1. The summed E-state index contributed by atoms with van der Waals surface area (Å²) in [6.07, 6.45) is -1.20. The van der Waals surface area contributed by atoms with Crippen LogP contribution in [0.3, 0.4) is 0 Å². The average Bonchev–Trinajstić information content (AvgIpc) is 2.92. The highest BCUT2D eigenvalue weighted by Gasteiger charge is 2.29. The van der Waals surface area contributed by atoms with Gasteiger partial charge in [-0.05, 0) is 32.0 Å². The summed E-state index contributed by atoms with van der Waals surface area (Å²) in [6, 6.07) is 8.52. The first-order valence-corrected chi connectivity index (χ1v) is 7.67. The number of nitrogens with one attached hydrogen (secondary N) is 3. The van der Waals surface area contributed by atoms with Gasteiger partial charge in [-0.2, -0.15) is 0 Å². The summed E-state index contributed by atoms with van der Waals surface area (Å²) in [5, 5.41) is 2.67. The molecule has 0 radical (unpaired) electrons. The first-order valence-electron chi connectivity index (χ1n) is 7.67. The molecule has 0 saturated carbocycles. The van der Waals surface area contributed by atoms with Crippen LogP contribution < -0.4 is 20.9 Å². The van der Waals surface area contributed by atoms with Crippen LogP contribution in [0.15, 0.2) is 34.7 Å². The Morgan fingerprint density at radius 3 is 2.68 bits per heavy atom. The third kappa shape index (κ3) is 3.63. The number of benzene rings is 1. The van der Waals surface area contributed by atoms with Crippen molar-refractivity contribution in [1.29, 1.82) is 0 Å². The number of anilines is 1. The zero-order valence-electron chi connectivity index (χ0n) is 13.7. The molecule has 0 bridgehead atoms. The van der Waals surface area contributed by atoms with Gasteiger partial charge in [-0.15, -0.1) is 0 Å². The number of hydrazine groups is 1. The van der Waals surface area contributed by atoms with Gasteiger partial charge < -0.3 is 14.5 Å². The van der Waals surface area contributed by atoms with E-state index in [-0.39, 0.29) is 6.42 Å². The minimum atomic E-state index is -0.968. The van der Waals surface area contributed by atoms with Gasteiger partial charge in [-0.1, -0.05) is 12.1 Å². The van der Waals surface area contributed by atoms with Crippen LogP contribution in [0.1, 0.15) is 28.3 Å². The molecule has 1 aliphatic rings. The molecule has 3 N–H and O–H groups in total. The molecule has 0 aliphatic carbocycles. The summed E-state index contributed by atoms with van der Waals surface area (Å²) in [5.41, 5.74) is 5.45. The fraction of sp³-hybridized carbons (Fsp3) is 0.235. The fourth-order valence-electron chi connectivity index (χ4n) is 2.50. The van der Waals surface area contributed by atoms with Crippen molar-refractivity contribution in [2.75, 3.05) is 5.32 Å². The van der Waals surface area contributed by atoms with E-state index in [1.807, 2.05) is 0 Å². The standard InChI is InChI=1S/C17H17N3O5/c1-9-7-11(10(2)24-9)16(22)20-19-15(21)8-14-17(23)18-12-5-3-4-6-13(12)25-14/h3-7,14H,8H2,1-2H3,(H,18,23)(H,19,21)(H,20,22)/t14-/m0/s1. The lowest BCUT2D eigenvalue weighted by molar-refractivity contribution is -0.130. The number of rotatable bonds is 3. The third-order valence-corrected chi connectivity index (χ3v) is 3.68. The predicted molar refractivity (Wildman–Crippen MR) is 87.9 cm³/mol. The van der Waals surface area contributed by atoms with E-state index in [4.69, 9.17) is 9.15 Å². The van der Waals surface area contributed by atoms with Crippen molar-refractivity contribution in [3.63, 3.8) is 0 Å². The zero-order chi connectivity index (χ0) is 18.0. The van der Waals surface area contributed by atoms with E-state index in [1.165, 1.54) is 0 Å². The van der Waals surface area contributed by atoms with Gasteiger partial charge in [0.05, 0.1) is 17.7 Å². The Balaban J connectivity index is 1.55. The van der Waals surface area contributed by atoms with Gasteiger partial charge in [-0.25, -0.2) is 0 Å². The van der Waals surface area contributed by atoms with E-state index in [1.54, 1.807) is 44.2 Å². The Labute approximate surface area is 143 Å². The Kier molecular flexibility index (Phi) is 4.42. The molecule has 0 unspecified atom stereocenters. The number of amides is 3. The maximum Gasteiger partial charge on any atom is 0.273 e. The van der Waals surface area contributed by atoms with Crippen molar-refractivity contribution in [2.45, 2.75) is 26.4 Å². The lowest BCUT2D eigenvalue weighted by Crippen LogP contribution is -2.46. The molecule has 8 nitrogen and oxygen atoms in total. The Morgan fingerprint density at radius 2 is 1.96 bits per heavy atom. The lowest BCUT2D eigenvalue weighted by Gasteiger charge is -2.25. The number of carbonyl (C=O) groups excluding carboxylic acids is 3. The van der Waals surface area contributed by atoms with Crippen molar-refractivity contribution in [3.8, 4) is 5.75 Å². The molecule has 3 amide bonds. The minimum absolute atomic E-state index is 0.232. The second kappa shape index (κ2) is 6.68. The van der Waals surface area contributed by atoms with E-state index >= 15 is 0 Å². The van der Waals surface area contributed by atoms with Crippen molar-refractivity contribution in [2.24, 2.45) is 0 Å². The molecule has 2 heterocycles. The molecule has 130 valence electrons. The normalized spacial score (nSPS) is 15.6. The van der Waals surface area contributed by atoms with E-state index < -0.39 is 23.8 Å². The zero-order valence-corrected chi connectivity index (χ0v) is 13.7. The number of furan rings is 1. The summed E-state index contributed by atoms with van der Waals surface area (Å²) in [5.74, 6) is 0.0819. The van der Waals surface area contributed by atoms with Crippen LogP contribution in [0.5, 0.6) is 5.75 Å². The van der Waals surface area contributed by atoms with Crippen molar-refractivity contribution >= 4 is 23.4 Å². The Morgan fingerprint density at radius 1 is 1.20 bits per heavy atom. The molecular weight excluding hydrogens is 326 g/mol. The summed E-state index contributed by atoms with van der Waals surface area (Å²) >= 11 is 0. The monoisotopic (exact) mass is 343 g/mol. The number of hydrogen-bond donors (Lipinski definition) is 3. The van der Waals surface area contributed by atoms with Gasteiger partial charge >= 0.3 is 0 Å². The second-order valence-corrected chi connectivity index (χ2v) is 5.63. The summed E-state index contributed by atoms with van der Waals surface area (Å²) in [7, 11) is 0. The SMILES string of the molecule is Cc1cc(C(=O)NNC(=O)C[C@@H]2Oc3ccccc3NC2=O)c(C)o1. The maximum atomic E-state index is 12.0. The molecule has 0 fully saturated rings. The number of para-hydroxylation sites is 2. The highest BCUT2D eigenvalue weighted by Crippen LogP contribution is 2.29. The van der Waals surface area contributed by atoms with Crippen LogP contribution in [-0.2, 0) is 9.59 Å². The Hall–Kier alpha value is -3.29. The second-order valence-electron chi connectivity index (χ2n) is 5.63. The fourth-order valence-corrected chi connectivity index (χ4v) is 2.50. The topological polar surface area (TPSA) is 110 Å². The molecule has 8 heteroatoms. The first kappa shape index (κ1) is 16.6. The molecule has 1 aromatic heterocycles. The number of aryl methyl sites for hydroxylation is 2. The first-order chi connectivity index (χ1) is 11.9. The van der Waals surface area contributed by atoms with Gasteiger partial charge in [0.2, 0.25) is 5.91 Å². The maximum absolute atomic E-state index is 12.0. The molecule has 25 heavy (non-hydrogen) atoms. The van der Waals surface area contributed by atoms with Crippen LogP contribution in [0.4, 0.5) is 5.69 Å². The van der Waals surface area contributed by atoms with Crippen molar-refractivity contribution < 1.29 is 23.5 Å². The highest BCUT2D eigenvalue weighted by atomic mass is 16.5. The molecular formula is C17H17N3O5. The molecule has 1 aliphatic heterocycles. The number of hydrogen-bond acceptors (Lipinski definition) is 5. The van der Waals surface area contributed by atoms with E-state index in [9.17, 15) is 14.4 Å². The minimum Gasteiger partial charge on any atom is -0.478 e. The molecule has 0 spiro atoms. The van der Waals surface area contributed by atoms with Crippen LogP contribution in [0.2, 0.25) is 0 Å². The molecule has 3 rings (SSSR count). The molecule has 1 atom stereocenters. The van der Waals surface area contributed by atoms with Crippen LogP contribution >= 0.6 is 0 Å². The largest absolute Gasteiger partial charge is 0.478 e. The summed E-state index contributed by atoms with van der Waals surface area (Å²) < 4.78 is 10.8. The highest BCUT2D eigenvalue weighted by molar-refractivity contribution is 6.00. The summed E-state index contributed by atoms with van der Waals surface area (Å²) in [4.78, 5) is 36.0. The van der Waals surface area contributed by atoms with Crippen molar-refractivity contribution in [1.82, 2.24) is 10.9 Å². The smallest absolute Gasteiger partial charge is 0.273 e.